The molecule has 1 amide bonds. The number of benzene rings is 1. The van der Waals surface area contributed by atoms with Crippen LogP contribution in [0.3, 0.4) is 0 Å². The molecule has 1 unspecified atom stereocenters. The van der Waals surface area contributed by atoms with Crippen molar-refractivity contribution < 1.29 is 30.8 Å². The van der Waals surface area contributed by atoms with E-state index < -0.39 is 31.7 Å². The number of hydrogen-bond acceptors (Lipinski definition) is 4. The van der Waals surface area contributed by atoms with Crippen molar-refractivity contribution >= 4 is 27.5 Å². The fraction of sp³-hybridized carbons (Fsp3) is 0.389. The largest absolute Gasteiger partial charge is 0.469 e. The van der Waals surface area contributed by atoms with Gasteiger partial charge in [0, 0.05) is 25.4 Å². The second kappa shape index (κ2) is 9.64. The minimum absolute atomic E-state index is 0.158. The highest BCUT2D eigenvalue weighted by Gasteiger charge is 2.34. The SMILES string of the molecule is CC(CCc1ccco1)NC(=O)CCNS(=O)(=O)c1ccc(Cl)c(C(F)(F)F)c1. The number of carbonyl (C=O) groups is 1. The zero-order chi connectivity index (χ0) is 21.7. The van der Waals surface area contributed by atoms with Crippen LogP contribution in [-0.2, 0) is 27.4 Å². The second-order valence-electron chi connectivity index (χ2n) is 6.37. The molecule has 1 aromatic carbocycles. The lowest BCUT2D eigenvalue weighted by atomic mass is 10.1. The number of hydrogen-bond donors (Lipinski definition) is 2. The van der Waals surface area contributed by atoms with Gasteiger partial charge < -0.3 is 9.73 Å². The predicted octanol–water partition coefficient (Wildman–Crippen LogP) is 3.76. The molecule has 0 saturated heterocycles. The standard InChI is InChI=1S/C18H20ClF3N2O4S/c1-12(4-5-13-3-2-10-28-13)24-17(25)8-9-23-29(26,27)14-6-7-16(19)15(11-14)18(20,21)22/h2-3,6-7,10-12,23H,4-5,8-9H2,1H3,(H,24,25). The summed E-state index contributed by atoms with van der Waals surface area (Å²) in [6.07, 6.45) is -2.11. The molecule has 0 saturated carbocycles. The van der Waals surface area contributed by atoms with Crippen LogP contribution in [0.25, 0.3) is 0 Å². The fourth-order valence-corrected chi connectivity index (χ4v) is 3.79. The fourth-order valence-electron chi connectivity index (χ4n) is 2.50. The number of furan rings is 1. The summed E-state index contributed by atoms with van der Waals surface area (Å²) < 4.78 is 70.4. The van der Waals surface area contributed by atoms with E-state index in [4.69, 9.17) is 16.0 Å². The van der Waals surface area contributed by atoms with Crippen LogP contribution >= 0.6 is 11.6 Å². The molecule has 2 N–H and O–H groups in total. The Kier molecular flexibility index (Phi) is 7.73. The summed E-state index contributed by atoms with van der Waals surface area (Å²) in [7, 11) is -4.22. The average molecular weight is 453 g/mol. The Balaban J connectivity index is 1.85. The minimum atomic E-state index is -4.78. The van der Waals surface area contributed by atoms with Crippen molar-refractivity contribution in [1.29, 1.82) is 0 Å². The molecule has 0 bridgehead atoms. The van der Waals surface area contributed by atoms with Crippen molar-refractivity contribution in [3.63, 3.8) is 0 Å². The van der Waals surface area contributed by atoms with E-state index in [1.165, 1.54) is 0 Å². The topological polar surface area (TPSA) is 88.4 Å². The lowest BCUT2D eigenvalue weighted by Gasteiger charge is -2.14. The summed E-state index contributed by atoms with van der Waals surface area (Å²) in [5.41, 5.74) is -1.25. The van der Waals surface area contributed by atoms with Gasteiger partial charge in [0.15, 0.2) is 0 Å². The molecular formula is C18H20ClF3N2O4S. The number of alkyl halides is 3. The number of rotatable bonds is 9. The molecule has 0 fully saturated rings. The molecule has 0 aliphatic heterocycles. The molecule has 1 heterocycles. The monoisotopic (exact) mass is 452 g/mol. The lowest BCUT2D eigenvalue weighted by molar-refractivity contribution is -0.137. The Hall–Kier alpha value is -2.04. The van der Waals surface area contributed by atoms with Crippen LogP contribution in [-0.4, -0.2) is 26.9 Å². The first kappa shape index (κ1) is 23.2. The summed E-state index contributed by atoms with van der Waals surface area (Å²) in [5, 5.41) is 2.13. The smallest absolute Gasteiger partial charge is 0.417 e. The molecule has 2 rings (SSSR count). The molecule has 0 aliphatic carbocycles. The molecule has 29 heavy (non-hydrogen) atoms. The molecule has 2 aromatic rings. The Morgan fingerprint density at radius 1 is 1.28 bits per heavy atom. The van der Waals surface area contributed by atoms with E-state index in [1.807, 2.05) is 6.07 Å². The van der Waals surface area contributed by atoms with Crippen LogP contribution in [0.15, 0.2) is 45.9 Å². The number of amides is 1. The maximum atomic E-state index is 12.9. The first-order valence-electron chi connectivity index (χ1n) is 8.67. The highest BCUT2D eigenvalue weighted by Crippen LogP contribution is 2.35. The van der Waals surface area contributed by atoms with E-state index in [0.717, 1.165) is 17.9 Å². The van der Waals surface area contributed by atoms with Crippen LogP contribution in [0, 0.1) is 0 Å². The van der Waals surface area contributed by atoms with Crippen molar-refractivity contribution in [3.8, 4) is 0 Å². The summed E-state index contributed by atoms with van der Waals surface area (Å²) in [5.74, 6) is 0.409. The van der Waals surface area contributed by atoms with Gasteiger partial charge >= 0.3 is 6.18 Å². The van der Waals surface area contributed by atoms with Gasteiger partial charge in [0.2, 0.25) is 15.9 Å². The first-order chi connectivity index (χ1) is 13.5. The predicted molar refractivity (Wildman–Crippen MR) is 101 cm³/mol. The van der Waals surface area contributed by atoms with Gasteiger partial charge in [-0.3, -0.25) is 4.79 Å². The average Bonchev–Trinajstić information content (AvgIpc) is 3.12. The summed E-state index contributed by atoms with van der Waals surface area (Å²) in [4.78, 5) is 11.3. The molecule has 1 aromatic heterocycles. The van der Waals surface area contributed by atoms with Gasteiger partial charge in [0.05, 0.1) is 21.7 Å². The van der Waals surface area contributed by atoms with Crippen molar-refractivity contribution in [3.05, 3.63) is 52.9 Å². The highest BCUT2D eigenvalue weighted by molar-refractivity contribution is 7.89. The first-order valence-corrected chi connectivity index (χ1v) is 10.5. The van der Waals surface area contributed by atoms with Crippen LogP contribution in [0.5, 0.6) is 0 Å². The summed E-state index contributed by atoms with van der Waals surface area (Å²) in [6.45, 7) is 1.54. The van der Waals surface area contributed by atoms with Crippen LogP contribution in [0.2, 0.25) is 5.02 Å². The molecule has 0 aliphatic rings. The number of nitrogens with one attached hydrogen (secondary N) is 2. The Bertz CT molecular complexity index is 931. The Labute approximate surface area is 171 Å². The third-order valence-electron chi connectivity index (χ3n) is 4.01. The normalized spacial score (nSPS) is 13.3. The molecule has 11 heteroatoms. The molecule has 160 valence electrons. The van der Waals surface area contributed by atoms with E-state index in [0.29, 0.717) is 18.9 Å². The molecule has 6 nitrogen and oxygen atoms in total. The summed E-state index contributed by atoms with van der Waals surface area (Å²) in [6, 6.07) is 5.73. The third kappa shape index (κ3) is 7.06. The zero-order valence-electron chi connectivity index (χ0n) is 15.4. The van der Waals surface area contributed by atoms with Crippen LogP contribution in [0.1, 0.15) is 31.1 Å². The van der Waals surface area contributed by atoms with Gasteiger partial charge in [-0.05, 0) is 43.7 Å². The maximum absolute atomic E-state index is 12.9. The van der Waals surface area contributed by atoms with E-state index in [-0.39, 0.29) is 24.9 Å². The second-order valence-corrected chi connectivity index (χ2v) is 8.55. The van der Waals surface area contributed by atoms with Crippen molar-refractivity contribution in [2.45, 2.75) is 43.3 Å². The van der Waals surface area contributed by atoms with Crippen molar-refractivity contribution in [1.82, 2.24) is 10.0 Å². The van der Waals surface area contributed by atoms with E-state index in [1.54, 1.807) is 19.3 Å². The Morgan fingerprint density at radius 2 is 2.00 bits per heavy atom. The van der Waals surface area contributed by atoms with E-state index in [2.05, 4.69) is 10.0 Å². The number of sulfonamides is 1. The van der Waals surface area contributed by atoms with Gasteiger partial charge in [-0.1, -0.05) is 11.6 Å². The molecular weight excluding hydrogens is 433 g/mol. The van der Waals surface area contributed by atoms with E-state index in [9.17, 15) is 26.4 Å². The quantitative estimate of drug-likeness (QED) is 0.606. The number of carbonyl (C=O) groups excluding carboxylic acids is 1. The van der Waals surface area contributed by atoms with E-state index >= 15 is 0 Å². The van der Waals surface area contributed by atoms with Crippen molar-refractivity contribution in [2.24, 2.45) is 0 Å². The van der Waals surface area contributed by atoms with Crippen LogP contribution in [0.4, 0.5) is 13.2 Å². The van der Waals surface area contributed by atoms with Gasteiger partial charge in [0.25, 0.3) is 0 Å². The van der Waals surface area contributed by atoms with Crippen molar-refractivity contribution in [2.75, 3.05) is 6.54 Å². The number of aryl methyl sites for hydroxylation is 1. The third-order valence-corrected chi connectivity index (χ3v) is 5.80. The lowest BCUT2D eigenvalue weighted by Crippen LogP contribution is -2.35. The van der Waals surface area contributed by atoms with Gasteiger partial charge in [0.1, 0.15) is 5.76 Å². The number of halogens is 4. The van der Waals surface area contributed by atoms with Gasteiger partial charge in [-0.2, -0.15) is 13.2 Å². The Morgan fingerprint density at radius 3 is 2.62 bits per heavy atom. The van der Waals surface area contributed by atoms with Gasteiger partial charge in [-0.15, -0.1) is 0 Å². The van der Waals surface area contributed by atoms with Gasteiger partial charge in [-0.25, -0.2) is 13.1 Å². The molecule has 0 radical (unpaired) electrons. The maximum Gasteiger partial charge on any atom is 0.417 e. The van der Waals surface area contributed by atoms with Crippen LogP contribution < -0.4 is 10.0 Å². The molecule has 0 spiro atoms. The zero-order valence-corrected chi connectivity index (χ0v) is 17.0. The minimum Gasteiger partial charge on any atom is -0.469 e. The highest BCUT2D eigenvalue weighted by atomic mass is 35.5. The summed E-state index contributed by atoms with van der Waals surface area (Å²) >= 11 is 5.49. The molecule has 1 atom stereocenters.